The van der Waals surface area contributed by atoms with Crippen molar-refractivity contribution in [2.45, 2.75) is 32.8 Å². The van der Waals surface area contributed by atoms with Crippen LogP contribution in [0.3, 0.4) is 0 Å². The van der Waals surface area contributed by atoms with E-state index < -0.39 is 18.0 Å². The highest BCUT2D eigenvalue weighted by Crippen LogP contribution is 2.27. The molecule has 2 rings (SSSR count). The summed E-state index contributed by atoms with van der Waals surface area (Å²) in [6, 6.07) is 14.5. The molecule has 0 saturated heterocycles. The Hall–Kier alpha value is -2.82. The topological polar surface area (TPSA) is 64.6 Å². The zero-order chi connectivity index (χ0) is 18.2. The number of ether oxygens (including phenoxy) is 2. The second-order valence-electron chi connectivity index (χ2n) is 5.72. The lowest BCUT2D eigenvalue weighted by Crippen LogP contribution is -2.26. The first-order valence-electron chi connectivity index (χ1n) is 8.25. The van der Waals surface area contributed by atoms with Gasteiger partial charge >= 0.3 is 5.97 Å². The fraction of sp³-hybridized carbons (Fsp3) is 0.300. The first-order valence-corrected chi connectivity index (χ1v) is 8.25. The van der Waals surface area contributed by atoms with E-state index in [1.165, 1.54) is 7.11 Å². The zero-order valence-corrected chi connectivity index (χ0v) is 14.7. The van der Waals surface area contributed by atoms with E-state index in [1.807, 2.05) is 32.0 Å². The third-order valence-electron chi connectivity index (χ3n) is 3.66. The lowest BCUT2D eigenvalue weighted by Gasteiger charge is -2.19. The van der Waals surface area contributed by atoms with Crippen LogP contribution in [-0.2, 0) is 14.3 Å². The summed E-state index contributed by atoms with van der Waals surface area (Å²) in [5, 5.41) is 2.81. The van der Waals surface area contributed by atoms with Crippen LogP contribution in [0.15, 0.2) is 48.5 Å². The van der Waals surface area contributed by atoms with Gasteiger partial charge in [0.25, 0.3) is 5.91 Å². The summed E-state index contributed by atoms with van der Waals surface area (Å²) >= 11 is 0. The molecule has 1 atom stereocenters. The van der Waals surface area contributed by atoms with Crippen molar-refractivity contribution in [3.05, 3.63) is 59.7 Å². The number of benzene rings is 2. The molecule has 1 amide bonds. The predicted molar refractivity (Wildman–Crippen MR) is 96.5 cm³/mol. The Kier molecular flexibility index (Phi) is 6.57. The number of aryl methyl sites for hydroxylation is 1. The molecule has 5 heteroatoms. The van der Waals surface area contributed by atoms with Crippen LogP contribution in [0.1, 0.15) is 37.0 Å². The van der Waals surface area contributed by atoms with Crippen molar-refractivity contribution in [2.24, 2.45) is 0 Å². The molecule has 2 aromatic carbocycles. The summed E-state index contributed by atoms with van der Waals surface area (Å²) in [6.07, 6.45) is -0.0802. The number of hydrogen-bond donors (Lipinski definition) is 1. The van der Waals surface area contributed by atoms with E-state index in [9.17, 15) is 9.59 Å². The number of carbonyl (C=O) groups is 2. The average Bonchev–Trinajstić information content (AvgIpc) is 2.61. The van der Waals surface area contributed by atoms with Gasteiger partial charge < -0.3 is 14.8 Å². The van der Waals surface area contributed by atoms with E-state index in [1.54, 1.807) is 30.3 Å². The van der Waals surface area contributed by atoms with Crippen molar-refractivity contribution in [1.82, 2.24) is 0 Å². The van der Waals surface area contributed by atoms with Crippen LogP contribution in [0, 0.1) is 6.92 Å². The molecule has 0 heterocycles. The van der Waals surface area contributed by atoms with Crippen molar-refractivity contribution in [3.63, 3.8) is 0 Å². The predicted octanol–water partition coefficient (Wildman–Crippen LogP) is 4.03. The molecule has 0 unspecified atom stereocenters. The van der Waals surface area contributed by atoms with E-state index in [0.29, 0.717) is 23.4 Å². The monoisotopic (exact) mass is 341 g/mol. The number of esters is 1. The van der Waals surface area contributed by atoms with Crippen molar-refractivity contribution < 1.29 is 19.1 Å². The van der Waals surface area contributed by atoms with Crippen molar-refractivity contribution in [1.29, 1.82) is 0 Å². The van der Waals surface area contributed by atoms with E-state index in [2.05, 4.69) is 5.32 Å². The fourth-order valence-corrected chi connectivity index (χ4v) is 2.41. The molecule has 0 spiro atoms. The minimum absolute atomic E-state index is 0.268. The Morgan fingerprint density at radius 2 is 1.84 bits per heavy atom. The van der Waals surface area contributed by atoms with Gasteiger partial charge in [-0.15, -0.1) is 0 Å². The van der Waals surface area contributed by atoms with Gasteiger partial charge in [0, 0.05) is 12.0 Å². The number of nitrogens with one attached hydrogen (secondary N) is 1. The number of amides is 1. The molecule has 2 aromatic rings. The third-order valence-corrected chi connectivity index (χ3v) is 3.66. The Bertz CT molecular complexity index is 728. The molecule has 0 fully saturated rings. The molecule has 0 aliphatic carbocycles. The largest absolute Gasteiger partial charge is 0.495 e. The van der Waals surface area contributed by atoms with Crippen LogP contribution in [0.4, 0.5) is 5.69 Å². The molecule has 0 aliphatic heterocycles. The Morgan fingerprint density at radius 3 is 2.48 bits per heavy atom. The van der Waals surface area contributed by atoms with Crippen LogP contribution < -0.4 is 10.1 Å². The summed E-state index contributed by atoms with van der Waals surface area (Å²) in [6.45, 7) is 3.81. The minimum Gasteiger partial charge on any atom is -0.495 e. The van der Waals surface area contributed by atoms with E-state index >= 15 is 0 Å². The quantitative estimate of drug-likeness (QED) is 0.772. The van der Waals surface area contributed by atoms with E-state index in [4.69, 9.17) is 9.47 Å². The molecule has 1 N–H and O–H groups in total. The standard InChI is InChI=1S/C20H23NO4/c1-4-8-18(22)25-19(15-9-6-5-7-10-15)20(23)21-16-13-14(2)11-12-17(16)24-3/h5-7,9-13,19H,4,8H2,1-3H3,(H,21,23)/t19-/m1/s1. The zero-order valence-electron chi connectivity index (χ0n) is 14.7. The van der Waals surface area contributed by atoms with Gasteiger partial charge in [0.2, 0.25) is 6.10 Å². The highest BCUT2D eigenvalue weighted by Gasteiger charge is 2.25. The van der Waals surface area contributed by atoms with Crippen molar-refractivity contribution in [3.8, 4) is 5.75 Å². The smallest absolute Gasteiger partial charge is 0.306 e. The van der Waals surface area contributed by atoms with E-state index in [0.717, 1.165) is 5.56 Å². The highest BCUT2D eigenvalue weighted by molar-refractivity contribution is 5.97. The summed E-state index contributed by atoms with van der Waals surface area (Å²) in [7, 11) is 1.54. The maximum atomic E-state index is 12.8. The first-order chi connectivity index (χ1) is 12.0. The normalized spacial score (nSPS) is 11.5. The summed E-state index contributed by atoms with van der Waals surface area (Å²) < 4.78 is 10.7. The third kappa shape index (κ3) is 5.08. The molecule has 132 valence electrons. The molecular formula is C20H23NO4. The maximum absolute atomic E-state index is 12.8. The van der Waals surface area contributed by atoms with Crippen LogP contribution in [0.5, 0.6) is 5.75 Å². The molecule has 0 aliphatic rings. The van der Waals surface area contributed by atoms with Gasteiger partial charge in [-0.25, -0.2) is 0 Å². The molecule has 0 bridgehead atoms. The van der Waals surface area contributed by atoms with Gasteiger partial charge in [-0.2, -0.15) is 0 Å². The number of carbonyl (C=O) groups excluding carboxylic acids is 2. The number of anilines is 1. The Labute approximate surface area is 148 Å². The second kappa shape index (κ2) is 8.87. The summed E-state index contributed by atoms with van der Waals surface area (Å²) in [4.78, 5) is 24.7. The Morgan fingerprint density at radius 1 is 1.12 bits per heavy atom. The number of rotatable bonds is 7. The van der Waals surface area contributed by atoms with Crippen LogP contribution >= 0.6 is 0 Å². The average molecular weight is 341 g/mol. The van der Waals surface area contributed by atoms with Gasteiger partial charge in [0.15, 0.2) is 0 Å². The minimum atomic E-state index is -1.01. The maximum Gasteiger partial charge on any atom is 0.306 e. The van der Waals surface area contributed by atoms with Gasteiger partial charge in [0.1, 0.15) is 5.75 Å². The van der Waals surface area contributed by atoms with Gasteiger partial charge in [-0.1, -0.05) is 43.3 Å². The summed E-state index contributed by atoms with van der Waals surface area (Å²) in [5.41, 5.74) is 2.14. The summed E-state index contributed by atoms with van der Waals surface area (Å²) in [5.74, 6) is -0.270. The lowest BCUT2D eigenvalue weighted by molar-refractivity contribution is -0.154. The lowest BCUT2D eigenvalue weighted by atomic mass is 10.1. The van der Waals surface area contributed by atoms with Crippen LogP contribution in [0.2, 0.25) is 0 Å². The van der Waals surface area contributed by atoms with Gasteiger partial charge in [-0.05, 0) is 31.0 Å². The second-order valence-corrected chi connectivity index (χ2v) is 5.72. The molecule has 5 nitrogen and oxygen atoms in total. The molecule has 0 saturated carbocycles. The first kappa shape index (κ1) is 18.5. The number of hydrogen-bond acceptors (Lipinski definition) is 4. The molecule has 0 aromatic heterocycles. The van der Waals surface area contributed by atoms with Crippen LogP contribution in [-0.4, -0.2) is 19.0 Å². The van der Waals surface area contributed by atoms with Gasteiger partial charge in [-0.3, -0.25) is 9.59 Å². The molecule has 0 radical (unpaired) electrons. The van der Waals surface area contributed by atoms with E-state index in [-0.39, 0.29) is 6.42 Å². The van der Waals surface area contributed by atoms with Crippen molar-refractivity contribution in [2.75, 3.05) is 12.4 Å². The highest BCUT2D eigenvalue weighted by atomic mass is 16.5. The Balaban J connectivity index is 2.26. The molecular weight excluding hydrogens is 318 g/mol. The van der Waals surface area contributed by atoms with Crippen molar-refractivity contribution >= 4 is 17.6 Å². The SMILES string of the molecule is CCCC(=O)O[C@@H](C(=O)Nc1cc(C)ccc1OC)c1ccccc1. The molecule has 25 heavy (non-hydrogen) atoms. The van der Waals surface area contributed by atoms with Crippen LogP contribution in [0.25, 0.3) is 0 Å². The van der Waals surface area contributed by atoms with Gasteiger partial charge in [0.05, 0.1) is 12.8 Å². The number of methoxy groups -OCH3 is 1. The fourth-order valence-electron chi connectivity index (χ4n) is 2.41.